The lowest BCUT2D eigenvalue weighted by molar-refractivity contribution is 0.322. The lowest BCUT2D eigenvalue weighted by Crippen LogP contribution is -2.52. The highest BCUT2D eigenvalue weighted by Gasteiger charge is 2.61. The zero-order chi connectivity index (χ0) is 13.0. The van der Waals surface area contributed by atoms with Crippen molar-refractivity contribution in [3.05, 3.63) is 0 Å². The van der Waals surface area contributed by atoms with Crippen LogP contribution in [-0.4, -0.2) is 14.8 Å². The average Bonchev–Trinajstić information content (AvgIpc) is 2.64. The van der Waals surface area contributed by atoms with Crippen LogP contribution < -0.4 is 4.72 Å². The summed E-state index contributed by atoms with van der Waals surface area (Å²) in [7, 11) is 0. The second kappa shape index (κ2) is 4.14. The molecule has 2 saturated carbocycles. The van der Waals surface area contributed by atoms with Crippen molar-refractivity contribution in [3.8, 4) is 0 Å². The van der Waals surface area contributed by atoms with Gasteiger partial charge in [0, 0.05) is 11.4 Å². The van der Waals surface area contributed by atoms with Crippen molar-refractivity contribution in [2.45, 2.75) is 64.7 Å². The molecule has 3 heteroatoms. The van der Waals surface area contributed by atoms with E-state index < -0.39 is 11.4 Å². The van der Waals surface area contributed by atoms with Crippen LogP contribution in [0.2, 0.25) is 0 Å². The van der Waals surface area contributed by atoms with Crippen LogP contribution in [0.3, 0.4) is 0 Å². The fourth-order valence-electron chi connectivity index (χ4n) is 3.64. The van der Waals surface area contributed by atoms with E-state index in [1.165, 1.54) is 12.8 Å². The lowest BCUT2D eigenvalue weighted by Gasteiger charge is -2.33. The first kappa shape index (κ1) is 13.7. The van der Waals surface area contributed by atoms with Crippen molar-refractivity contribution in [2.24, 2.45) is 23.7 Å². The highest BCUT2D eigenvalue weighted by atomic mass is 32.2. The molecule has 0 aromatic carbocycles. The summed E-state index contributed by atoms with van der Waals surface area (Å²) in [6.45, 7) is 12.9. The Morgan fingerprint density at radius 2 is 1.53 bits per heavy atom. The van der Waals surface area contributed by atoms with E-state index in [0.29, 0.717) is 0 Å². The largest absolute Gasteiger partial charge is 0.598 e. The standard InChI is InChI=1S/C14H27NOS/c1-9-7-10-11(8-9)12(10)14(5,6)15-17(16)13(2,3)4/h9-12,15H,7-8H2,1-6H3/t9?,10-,11+,12?,17?. The SMILES string of the molecule is CC1C[C@@H]2C(C(C)(C)N[S+]([O-])C(C)(C)C)[C@@H]2C1. The molecule has 0 heterocycles. The number of rotatable bonds is 3. The van der Waals surface area contributed by atoms with Gasteiger partial charge in [0.25, 0.3) is 0 Å². The first-order chi connectivity index (χ1) is 7.63. The number of fused-ring (bicyclic) bond motifs is 1. The van der Waals surface area contributed by atoms with Crippen LogP contribution in [0.4, 0.5) is 0 Å². The van der Waals surface area contributed by atoms with Gasteiger partial charge in [-0.25, -0.2) is 0 Å². The summed E-state index contributed by atoms with van der Waals surface area (Å²) in [6, 6.07) is 0. The Hall–Kier alpha value is 0.270. The molecule has 0 radical (unpaired) electrons. The normalized spacial score (nSPS) is 39.0. The minimum Gasteiger partial charge on any atom is -0.598 e. The van der Waals surface area contributed by atoms with Crippen molar-refractivity contribution in [1.29, 1.82) is 0 Å². The molecule has 2 nitrogen and oxygen atoms in total. The molecule has 2 aliphatic carbocycles. The van der Waals surface area contributed by atoms with Gasteiger partial charge in [-0.15, -0.1) is 4.72 Å². The summed E-state index contributed by atoms with van der Waals surface area (Å²) in [6.07, 6.45) is 2.76. The molecular weight excluding hydrogens is 230 g/mol. The van der Waals surface area contributed by atoms with E-state index in [9.17, 15) is 4.55 Å². The van der Waals surface area contributed by atoms with E-state index >= 15 is 0 Å². The van der Waals surface area contributed by atoms with Crippen molar-refractivity contribution in [3.63, 3.8) is 0 Å². The quantitative estimate of drug-likeness (QED) is 0.788. The summed E-state index contributed by atoms with van der Waals surface area (Å²) in [5.74, 6) is 3.43. The molecule has 0 spiro atoms. The predicted octanol–water partition coefficient (Wildman–Crippen LogP) is 3.11. The molecule has 2 rings (SSSR count). The predicted molar refractivity (Wildman–Crippen MR) is 74.0 cm³/mol. The topological polar surface area (TPSA) is 35.1 Å². The van der Waals surface area contributed by atoms with Crippen LogP contribution in [-0.2, 0) is 11.4 Å². The van der Waals surface area contributed by atoms with Crippen LogP contribution in [0, 0.1) is 23.7 Å². The molecule has 0 amide bonds. The van der Waals surface area contributed by atoms with Crippen molar-refractivity contribution in [1.82, 2.24) is 4.72 Å². The number of nitrogens with one attached hydrogen (secondary N) is 1. The minimum atomic E-state index is -0.954. The Labute approximate surface area is 109 Å². The average molecular weight is 257 g/mol. The molecular formula is C14H27NOS. The van der Waals surface area contributed by atoms with Crippen LogP contribution in [0.5, 0.6) is 0 Å². The third-order valence-electron chi connectivity index (χ3n) is 4.43. The van der Waals surface area contributed by atoms with Crippen molar-refractivity contribution < 1.29 is 4.55 Å². The summed E-state index contributed by atoms with van der Waals surface area (Å²) in [5.41, 5.74) is 0.0214. The monoisotopic (exact) mass is 257 g/mol. The maximum Gasteiger partial charge on any atom is 0.136 e. The first-order valence-corrected chi connectivity index (χ1v) is 7.97. The summed E-state index contributed by atoms with van der Waals surface area (Å²) in [4.78, 5) is 0. The van der Waals surface area contributed by atoms with Crippen LogP contribution in [0.15, 0.2) is 0 Å². The maximum atomic E-state index is 12.2. The van der Waals surface area contributed by atoms with E-state index in [1.54, 1.807) is 0 Å². The minimum absolute atomic E-state index is 0.0214. The third-order valence-corrected chi connectivity index (χ3v) is 6.25. The van der Waals surface area contributed by atoms with Gasteiger partial charge in [-0.1, -0.05) is 6.92 Å². The highest BCUT2D eigenvalue weighted by Crippen LogP contribution is 2.63. The molecule has 0 aromatic heterocycles. The third kappa shape index (κ3) is 2.66. The molecule has 0 aliphatic heterocycles. The molecule has 2 aliphatic rings. The maximum absolute atomic E-state index is 12.2. The van der Waals surface area contributed by atoms with Gasteiger partial charge in [0.2, 0.25) is 0 Å². The number of hydrogen-bond acceptors (Lipinski definition) is 2. The highest BCUT2D eigenvalue weighted by molar-refractivity contribution is 7.90. The molecule has 0 saturated heterocycles. The second-order valence-electron chi connectivity index (χ2n) is 7.63. The Kier molecular flexibility index (Phi) is 3.34. The molecule has 0 bridgehead atoms. The molecule has 5 atom stereocenters. The Morgan fingerprint density at radius 3 is 1.94 bits per heavy atom. The van der Waals surface area contributed by atoms with E-state index in [-0.39, 0.29) is 10.3 Å². The van der Waals surface area contributed by atoms with Gasteiger partial charge in [0.1, 0.15) is 4.75 Å². The first-order valence-electron chi connectivity index (χ1n) is 6.82. The van der Waals surface area contributed by atoms with E-state index in [1.807, 2.05) is 20.8 Å². The Bertz CT molecular complexity index is 285. The zero-order valence-corrected chi connectivity index (χ0v) is 12.9. The van der Waals surface area contributed by atoms with Crippen LogP contribution in [0.1, 0.15) is 54.4 Å². The van der Waals surface area contributed by atoms with Crippen molar-refractivity contribution >= 4 is 11.4 Å². The molecule has 3 unspecified atom stereocenters. The second-order valence-corrected chi connectivity index (χ2v) is 9.60. The van der Waals surface area contributed by atoms with Crippen LogP contribution >= 0.6 is 0 Å². The van der Waals surface area contributed by atoms with Gasteiger partial charge in [0.05, 0.1) is 5.54 Å². The summed E-state index contributed by atoms with van der Waals surface area (Å²) in [5, 5.41) is 0. The van der Waals surface area contributed by atoms with Gasteiger partial charge in [-0.3, -0.25) is 0 Å². The van der Waals surface area contributed by atoms with E-state index in [0.717, 1.165) is 23.7 Å². The zero-order valence-electron chi connectivity index (χ0n) is 12.0. The fraction of sp³-hybridized carbons (Fsp3) is 1.00. The summed E-state index contributed by atoms with van der Waals surface area (Å²) >= 11 is -0.954. The Morgan fingerprint density at radius 1 is 1.06 bits per heavy atom. The molecule has 2 fully saturated rings. The van der Waals surface area contributed by atoms with E-state index in [2.05, 4.69) is 25.5 Å². The number of hydrogen-bond donors (Lipinski definition) is 1. The summed E-state index contributed by atoms with van der Waals surface area (Å²) < 4.78 is 15.4. The van der Waals surface area contributed by atoms with Gasteiger partial charge >= 0.3 is 0 Å². The van der Waals surface area contributed by atoms with Gasteiger partial charge < -0.3 is 4.55 Å². The van der Waals surface area contributed by atoms with Gasteiger partial charge in [-0.2, -0.15) is 0 Å². The van der Waals surface area contributed by atoms with E-state index in [4.69, 9.17) is 0 Å². The van der Waals surface area contributed by atoms with Gasteiger partial charge in [-0.05, 0) is 71.1 Å². The molecule has 1 N–H and O–H groups in total. The van der Waals surface area contributed by atoms with Gasteiger partial charge in [0.15, 0.2) is 0 Å². The fourth-order valence-corrected chi connectivity index (χ4v) is 4.56. The van der Waals surface area contributed by atoms with Crippen LogP contribution in [0.25, 0.3) is 0 Å². The molecule has 100 valence electrons. The van der Waals surface area contributed by atoms with Crippen molar-refractivity contribution in [2.75, 3.05) is 0 Å². The Balaban J connectivity index is 1.93. The smallest absolute Gasteiger partial charge is 0.136 e. The molecule has 0 aromatic rings. The lowest BCUT2D eigenvalue weighted by atomic mass is 9.90. The molecule has 17 heavy (non-hydrogen) atoms.